The molecule has 1 aliphatic rings. The summed E-state index contributed by atoms with van der Waals surface area (Å²) >= 11 is 3.50. The van der Waals surface area contributed by atoms with Crippen LogP contribution < -0.4 is 4.90 Å². The molecule has 3 heteroatoms. The highest BCUT2D eigenvalue weighted by Gasteiger charge is 2.31. The third-order valence-electron chi connectivity index (χ3n) is 3.35. The normalized spacial score (nSPS) is 19.4. The largest absolute Gasteiger partial charge is 0.377 e. The van der Waals surface area contributed by atoms with Crippen LogP contribution >= 0.6 is 15.9 Å². The van der Waals surface area contributed by atoms with Gasteiger partial charge >= 0.3 is 0 Å². The zero-order valence-corrected chi connectivity index (χ0v) is 12.4. The minimum Gasteiger partial charge on any atom is -0.377 e. The van der Waals surface area contributed by atoms with Crippen LogP contribution in [0.4, 0.5) is 5.69 Å². The first-order chi connectivity index (χ1) is 8.04. The van der Waals surface area contributed by atoms with Crippen LogP contribution in [0.15, 0.2) is 18.2 Å². The molecule has 2 rings (SSSR count). The lowest BCUT2D eigenvalue weighted by Crippen LogP contribution is -2.53. The van der Waals surface area contributed by atoms with Gasteiger partial charge in [0.1, 0.15) is 0 Å². The maximum atomic E-state index is 5.57. The summed E-state index contributed by atoms with van der Waals surface area (Å²) in [5.74, 6) is 0. The van der Waals surface area contributed by atoms with Crippen LogP contribution in [-0.2, 0) is 10.1 Å². The summed E-state index contributed by atoms with van der Waals surface area (Å²) in [6, 6.07) is 6.69. The van der Waals surface area contributed by atoms with Crippen LogP contribution in [0.3, 0.4) is 0 Å². The molecule has 0 spiro atoms. The number of benzene rings is 1. The van der Waals surface area contributed by atoms with E-state index in [1.54, 1.807) is 0 Å². The first kappa shape index (κ1) is 12.9. The molecule has 94 valence electrons. The summed E-state index contributed by atoms with van der Waals surface area (Å²) in [7, 11) is 0. The quantitative estimate of drug-likeness (QED) is 0.775. The van der Waals surface area contributed by atoms with E-state index in [4.69, 9.17) is 4.74 Å². The average molecular weight is 298 g/mol. The highest BCUT2D eigenvalue weighted by Crippen LogP contribution is 2.30. The first-order valence-corrected chi connectivity index (χ1v) is 7.17. The van der Waals surface area contributed by atoms with Gasteiger partial charge in [0.15, 0.2) is 0 Å². The number of nitrogens with zero attached hydrogens (tertiary/aromatic N) is 1. The second-order valence-electron chi connectivity index (χ2n) is 5.27. The third kappa shape index (κ3) is 2.66. The van der Waals surface area contributed by atoms with Gasteiger partial charge < -0.3 is 9.64 Å². The molecule has 1 aliphatic heterocycles. The van der Waals surface area contributed by atoms with Crippen molar-refractivity contribution in [2.75, 3.05) is 24.7 Å². The van der Waals surface area contributed by atoms with Crippen molar-refractivity contribution in [3.63, 3.8) is 0 Å². The number of hydrogen-bond acceptors (Lipinski definition) is 2. The first-order valence-electron chi connectivity index (χ1n) is 6.05. The van der Waals surface area contributed by atoms with Gasteiger partial charge in [0.2, 0.25) is 0 Å². The van der Waals surface area contributed by atoms with Crippen LogP contribution in [0, 0.1) is 6.92 Å². The number of ether oxygens (including phenoxy) is 1. The second-order valence-corrected chi connectivity index (χ2v) is 5.83. The summed E-state index contributed by atoms with van der Waals surface area (Å²) in [5, 5.41) is 0.917. The Morgan fingerprint density at radius 1 is 1.41 bits per heavy atom. The molecule has 0 unspecified atom stereocenters. The van der Waals surface area contributed by atoms with Gasteiger partial charge in [-0.05, 0) is 38.0 Å². The topological polar surface area (TPSA) is 12.5 Å². The molecule has 0 aromatic heterocycles. The lowest BCUT2D eigenvalue weighted by molar-refractivity contribution is 0.0643. The van der Waals surface area contributed by atoms with E-state index >= 15 is 0 Å². The van der Waals surface area contributed by atoms with Gasteiger partial charge in [-0.15, -0.1) is 0 Å². The predicted octanol–water partition coefficient (Wildman–Crippen LogP) is 3.51. The Labute approximate surface area is 112 Å². The van der Waals surface area contributed by atoms with Crippen molar-refractivity contribution < 1.29 is 4.74 Å². The van der Waals surface area contributed by atoms with Crippen molar-refractivity contribution in [3.8, 4) is 0 Å². The minimum atomic E-state index is 0.0823. The average Bonchev–Trinajstić information content (AvgIpc) is 2.29. The smallest absolute Gasteiger partial charge is 0.0694 e. The molecule has 0 radical (unpaired) electrons. The summed E-state index contributed by atoms with van der Waals surface area (Å²) in [6.07, 6.45) is 0. The second kappa shape index (κ2) is 4.99. The van der Waals surface area contributed by atoms with Gasteiger partial charge in [-0.1, -0.05) is 28.1 Å². The van der Waals surface area contributed by atoms with Crippen LogP contribution in [0.25, 0.3) is 0 Å². The molecule has 0 atom stereocenters. The summed E-state index contributed by atoms with van der Waals surface area (Å²) in [5.41, 5.74) is 4.09. The molecule has 17 heavy (non-hydrogen) atoms. The number of hydrogen-bond donors (Lipinski definition) is 0. The number of halogens is 1. The highest BCUT2D eigenvalue weighted by atomic mass is 79.9. The fraction of sp³-hybridized carbons (Fsp3) is 0.571. The fourth-order valence-corrected chi connectivity index (χ4v) is 2.76. The highest BCUT2D eigenvalue weighted by molar-refractivity contribution is 9.08. The van der Waals surface area contributed by atoms with E-state index in [9.17, 15) is 0 Å². The molecule has 1 heterocycles. The summed E-state index contributed by atoms with van der Waals surface area (Å²) < 4.78 is 5.57. The Balaban J connectivity index is 2.32. The molecule has 0 amide bonds. The van der Waals surface area contributed by atoms with E-state index in [0.29, 0.717) is 0 Å². The lowest BCUT2D eigenvalue weighted by atomic mass is 9.99. The SMILES string of the molecule is Cc1cc(CBr)ccc1N1CCOCC1(C)C. The van der Waals surface area contributed by atoms with Crippen LogP contribution in [-0.4, -0.2) is 25.3 Å². The van der Waals surface area contributed by atoms with E-state index in [1.165, 1.54) is 16.8 Å². The van der Waals surface area contributed by atoms with Crippen molar-refractivity contribution in [2.45, 2.75) is 31.6 Å². The lowest BCUT2D eigenvalue weighted by Gasteiger charge is -2.44. The Morgan fingerprint density at radius 2 is 2.18 bits per heavy atom. The zero-order chi connectivity index (χ0) is 12.5. The van der Waals surface area contributed by atoms with Crippen molar-refractivity contribution >= 4 is 21.6 Å². The molecule has 1 saturated heterocycles. The monoisotopic (exact) mass is 297 g/mol. The standard InChI is InChI=1S/C14H20BrNO/c1-11-8-12(9-15)4-5-13(11)16-6-7-17-10-14(16,2)3/h4-5,8H,6-7,9-10H2,1-3H3. The molecule has 0 aliphatic carbocycles. The molecule has 2 nitrogen and oxygen atoms in total. The van der Waals surface area contributed by atoms with Crippen molar-refractivity contribution in [1.82, 2.24) is 0 Å². The van der Waals surface area contributed by atoms with Gasteiger partial charge in [0, 0.05) is 17.6 Å². The van der Waals surface area contributed by atoms with Crippen LogP contribution in [0.2, 0.25) is 0 Å². The number of morpholine rings is 1. The van der Waals surface area contributed by atoms with E-state index in [1.807, 2.05) is 0 Å². The van der Waals surface area contributed by atoms with Crippen molar-refractivity contribution in [1.29, 1.82) is 0 Å². The Kier molecular flexibility index (Phi) is 3.79. The van der Waals surface area contributed by atoms with Gasteiger partial charge in [0.25, 0.3) is 0 Å². The molecule has 1 aromatic rings. The molecule has 0 saturated carbocycles. The van der Waals surface area contributed by atoms with E-state index in [0.717, 1.165) is 25.1 Å². The van der Waals surface area contributed by atoms with E-state index in [-0.39, 0.29) is 5.54 Å². The number of anilines is 1. The zero-order valence-electron chi connectivity index (χ0n) is 10.8. The number of rotatable bonds is 2. The summed E-state index contributed by atoms with van der Waals surface area (Å²) in [4.78, 5) is 2.46. The molecule has 0 N–H and O–H groups in total. The van der Waals surface area contributed by atoms with Gasteiger partial charge in [-0.3, -0.25) is 0 Å². The fourth-order valence-electron chi connectivity index (χ4n) is 2.41. The number of aryl methyl sites for hydroxylation is 1. The van der Waals surface area contributed by atoms with E-state index < -0.39 is 0 Å². The van der Waals surface area contributed by atoms with Crippen molar-refractivity contribution in [2.24, 2.45) is 0 Å². The van der Waals surface area contributed by atoms with Gasteiger partial charge in [-0.2, -0.15) is 0 Å². The van der Waals surface area contributed by atoms with Gasteiger partial charge in [0.05, 0.1) is 18.8 Å². The number of alkyl halides is 1. The Hall–Kier alpha value is -0.540. The molecule has 0 bridgehead atoms. The maximum Gasteiger partial charge on any atom is 0.0694 e. The van der Waals surface area contributed by atoms with E-state index in [2.05, 4.69) is 59.8 Å². The van der Waals surface area contributed by atoms with Gasteiger partial charge in [-0.25, -0.2) is 0 Å². The predicted molar refractivity (Wildman–Crippen MR) is 76.1 cm³/mol. The van der Waals surface area contributed by atoms with Crippen LogP contribution in [0.5, 0.6) is 0 Å². The summed E-state index contributed by atoms with van der Waals surface area (Å²) in [6.45, 7) is 9.26. The van der Waals surface area contributed by atoms with Crippen LogP contribution in [0.1, 0.15) is 25.0 Å². The Morgan fingerprint density at radius 3 is 2.76 bits per heavy atom. The molecule has 1 fully saturated rings. The maximum absolute atomic E-state index is 5.57. The third-order valence-corrected chi connectivity index (χ3v) is 4.00. The molecular formula is C14H20BrNO. The van der Waals surface area contributed by atoms with Crippen molar-refractivity contribution in [3.05, 3.63) is 29.3 Å². The minimum absolute atomic E-state index is 0.0823. The molecular weight excluding hydrogens is 278 g/mol. The molecule has 1 aromatic carbocycles. The Bertz CT molecular complexity index is 403.